The van der Waals surface area contributed by atoms with Crippen molar-refractivity contribution in [1.82, 2.24) is 0 Å². The van der Waals surface area contributed by atoms with Crippen molar-refractivity contribution in [3.63, 3.8) is 0 Å². The topological polar surface area (TPSA) is 54.4 Å². The Kier molecular flexibility index (Phi) is 13.9. The molecule has 0 saturated carbocycles. The molecule has 0 amide bonds. The first-order valence-corrected chi connectivity index (χ1v) is 12.6. The van der Waals surface area contributed by atoms with E-state index in [0.29, 0.717) is 11.8 Å². The summed E-state index contributed by atoms with van der Waals surface area (Å²) in [5, 5.41) is 0. The summed E-state index contributed by atoms with van der Waals surface area (Å²) < 4.78 is 32.1. The second-order valence-corrected chi connectivity index (χ2v) is 11.1. The summed E-state index contributed by atoms with van der Waals surface area (Å²) in [6, 6.07) is 0. The molecule has 0 aromatic rings. The first kappa shape index (κ1) is 25.9. The maximum atomic E-state index is 11.4. The summed E-state index contributed by atoms with van der Waals surface area (Å²) in [6.45, 7) is 13.6. The van der Waals surface area contributed by atoms with Crippen LogP contribution in [0.15, 0.2) is 0 Å². The van der Waals surface area contributed by atoms with Gasteiger partial charge in [0.15, 0.2) is 0 Å². The fourth-order valence-corrected chi connectivity index (χ4v) is 4.62. The third-order valence-electron chi connectivity index (χ3n) is 5.54. The fourth-order valence-electron chi connectivity index (χ4n) is 3.69. The van der Waals surface area contributed by atoms with Gasteiger partial charge in [-0.25, -0.2) is 0 Å². The van der Waals surface area contributed by atoms with E-state index in [2.05, 4.69) is 41.5 Å². The van der Waals surface area contributed by atoms with E-state index in [1.165, 1.54) is 38.5 Å². The lowest BCUT2D eigenvalue weighted by atomic mass is 9.88. The number of hydrogen-bond acceptors (Lipinski definition) is 2. The molecule has 2 atom stereocenters. The third kappa shape index (κ3) is 17.3. The lowest BCUT2D eigenvalue weighted by Gasteiger charge is -2.20. The van der Waals surface area contributed by atoms with Gasteiger partial charge in [-0.05, 0) is 42.4 Å². The highest BCUT2D eigenvalue weighted by Gasteiger charge is 2.19. The predicted octanol–water partition coefficient (Wildman–Crippen LogP) is 6.98. The van der Waals surface area contributed by atoms with Crippen LogP contribution in [-0.4, -0.2) is 18.7 Å². The van der Waals surface area contributed by atoms with Crippen molar-refractivity contribution in [2.24, 2.45) is 29.6 Å². The van der Waals surface area contributed by atoms with Crippen molar-refractivity contribution in [2.45, 2.75) is 106 Å². The Morgan fingerprint density at radius 3 is 1.31 bits per heavy atom. The zero-order valence-corrected chi connectivity index (χ0v) is 19.2. The Morgan fingerprint density at radius 2 is 1.00 bits per heavy atom. The highest BCUT2D eigenvalue weighted by atomic mass is 32.2. The molecular weight excluding hydrogens is 344 g/mol. The monoisotopic (exact) mass is 390 g/mol. The summed E-state index contributed by atoms with van der Waals surface area (Å²) in [4.78, 5) is 0. The minimum absolute atomic E-state index is 0.0651. The zero-order chi connectivity index (χ0) is 20.2. The molecule has 0 aromatic heterocycles. The van der Waals surface area contributed by atoms with E-state index in [1.807, 2.05) is 0 Å². The lowest BCUT2D eigenvalue weighted by molar-refractivity contribution is 0.342. The molecule has 1 N–H and O–H groups in total. The molecule has 0 saturated heterocycles. The first-order valence-electron chi connectivity index (χ1n) is 10.9. The van der Waals surface area contributed by atoms with Crippen LogP contribution in [0.3, 0.4) is 0 Å². The second-order valence-electron chi connectivity index (χ2n) is 9.63. The Morgan fingerprint density at radius 1 is 0.615 bits per heavy atom. The molecule has 0 spiro atoms. The van der Waals surface area contributed by atoms with Crippen molar-refractivity contribution < 1.29 is 13.0 Å². The van der Waals surface area contributed by atoms with Crippen LogP contribution in [0.1, 0.15) is 106 Å². The van der Waals surface area contributed by atoms with Gasteiger partial charge < -0.3 is 0 Å². The van der Waals surface area contributed by atoms with E-state index >= 15 is 0 Å². The second kappa shape index (κ2) is 14.0. The Labute approximate surface area is 164 Å². The highest BCUT2D eigenvalue weighted by molar-refractivity contribution is 7.85. The Bertz CT molecular complexity index is 405. The van der Waals surface area contributed by atoms with E-state index in [4.69, 9.17) is 0 Å². The van der Waals surface area contributed by atoms with Crippen LogP contribution in [0.2, 0.25) is 0 Å². The third-order valence-corrected chi connectivity index (χ3v) is 6.43. The molecule has 0 fully saturated rings. The van der Waals surface area contributed by atoms with Crippen molar-refractivity contribution in [3.05, 3.63) is 0 Å². The van der Waals surface area contributed by atoms with Crippen LogP contribution < -0.4 is 0 Å². The van der Waals surface area contributed by atoms with Gasteiger partial charge in [0.25, 0.3) is 10.1 Å². The minimum Gasteiger partial charge on any atom is -0.286 e. The largest absolute Gasteiger partial charge is 0.286 e. The number of hydrogen-bond donors (Lipinski definition) is 1. The molecule has 0 aliphatic rings. The van der Waals surface area contributed by atoms with Crippen molar-refractivity contribution in [3.8, 4) is 0 Å². The van der Waals surface area contributed by atoms with E-state index < -0.39 is 10.1 Å². The summed E-state index contributed by atoms with van der Waals surface area (Å²) >= 11 is 0. The molecule has 26 heavy (non-hydrogen) atoms. The molecule has 0 rings (SSSR count). The van der Waals surface area contributed by atoms with Crippen LogP contribution in [0, 0.1) is 29.6 Å². The molecule has 4 heteroatoms. The molecule has 3 nitrogen and oxygen atoms in total. The van der Waals surface area contributed by atoms with E-state index in [0.717, 1.165) is 37.5 Å². The van der Waals surface area contributed by atoms with Crippen LogP contribution in [-0.2, 0) is 10.1 Å². The van der Waals surface area contributed by atoms with Gasteiger partial charge in [-0.2, -0.15) is 8.42 Å². The molecule has 0 radical (unpaired) electrons. The maximum absolute atomic E-state index is 11.4. The molecule has 158 valence electrons. The molecule has 0 bridgehead atoms. The quantitative estimate of drug-likeness (QED) is 0.289. The van der Waals surface area contributed by atoms with Gasteiger partial charge in [0, 0.05) is 0 Å². The zero-order valence-electron chi connectivity index (χ0n) is 18.3. The van der Waals surface area contributed by atoms with Crippen molar-refractivity contribution in [2.75, 3.05) is 5.75 Å². The predicted molar refractivity (Wildman–Crippen MR) is 114 cm³/mol. The Balaban J connectivity index is 4.27. The minimum atomic E-state index is -3.88. The number of rotatable bonds is 16. The maximum Gasteiger partial charge on any atom is 0.265 e. The summed E-state index contributed by atoms with van der Waals surface area (Å²) in [7, 11) is -3.88. The van der Waals surface area contributed by atoms with Crippen LogP contribution >= 0.6 is 0 Å². The van der Waals surface area contributed by atoms with Crippen LogP contribution in [0.5, 0.6) is 0 Å². The van der Waals surface area contributed by atoms with Crippen LogP contribution in [0.4, 0.5) is 0 Å². The van der Waals surface area contributed by atoms with E-state index in [9.17, 15) is 13.0 Å². The van der Waals surface area contributed by atoms with Gasteiger partial charge in [0.1, 0.15) is 0 Å². The van der Waals surface area contributed by atoms with Crippen LogP contribution in [0.25, 0.3) is 0 Å². The van der Waals surface area contributed by atoms with Gasteiger partial charge in [-0.1, -0.05) is 92.9 Å². The Hall–Kier alpha value is -0.0900. The van der Waals surface area contributed by atoms with Crippen molar-refractivity contribution >= 4 is 10.1 Å². The molecule has 2 unspecified atom stereocenters. The van der Waals surface area contributed by atoms with Crippen molar-refractivity contribution in [1.29, 1.82) is 0 Å². The molecule has 0 aliphatic heterocycles. The fraction of sp³-hybridized carbons (Fsp3) is 1.00. The van der Waals surface area contributed by atoms with Gasteiger partial charge in [0.05, 0.1) is 5.75 Å². The van der Waals surface area contributed by atoms with Gasteiger partial charge in [-0.15, -0.1) is 0 Å². The lowest BCUT2D eigenvalue weighted by Crippen LogP contribution is -2.17. The average Bonchev–Trinajstić information content (AvgIpc) is 2.48. The van der Waals surface area contributed by atoms with Gasteiger partial charge >= 0.3 is 0 Å². The molecule has 0 heterocycles. The SMILES string of the molecule is CC(C)CCCC(C)CCC(CCC(C)CCCC(C)C)CS(=O)(=O)O. The normalized spacial score (nSPS) is 16.2. The van der Waals surface area contributed by atoms with E-state index in [1.54, 1.807) is 0 Å². The molecule has 0 aromatic carbocycles. The summed E-state index contributed by atoms with van der Waals surface area (Å²) in [6.07, 6.45) is 11.5. The molecule has 0 aliphatic carbocycles. The highest BCUT2D eigenvalue weighted by Crippen LogP contribution is 2.26. The van der Waals surface area contributed by atoms with Gasteiger partial charge in [0.2, 0.25) is 0 Å². The average molecular weight is 391 g/mol. The van der Waals surface area contributed by atoms with Gasteiger partial charge in [-0.3, -0.25) is 4.55 Å². The van der Waals surface area contributed by atoms with E-state index in [-0.39, 0.29) is 11.7 Å². The summed E-state index contributed by atoms with van der Waals surface area (Å²) in [5.41, 5.74) is 0. The molecular formula is C22H46O3S. The first-order chi connectivity index (χ1) is 12.0. The smallest absolute Gasteiger partial charge is 0.265 e. The summed E-state index contributed by atoms with van der Waals surface area (Å²) in [5.74, 6) is 2.83. The standard InChI is InChI=1S/C22H46O3S/c1-18(2)9-7-11-20(5)13-15-22(17-26(23,24)25)16-14-21(6)12-8-10-19(3)4/h18-22H,7-17H2,1-6H3,(H,23,24,25).